The van der Waals surface area contributed by atoms with Crippen LogP contribution in [0.1, 0.15) is 414 Å². The van der Waals surface area contributed by atoms with Crippen molar-refractivity contribution in [1.29, 1.82) is 0 Å². The van der Waals surface area contributed by atoms with E-state index >= 15 is 0 Å². The molecule has 0 aliphatic heterocycles. The Hall–Kier alpha value is -1.94. The molecule has 0 amide bonds. The maximum absolute atomic E-state index is 13.1. The predicted octanol–water partition coefficient (Wildman–Crippen LogP) is 23.5. The van der Waals surface area contributed by atoms with Crippen LogP contribution in [0.15, 0.2) is 0 Å². The first-order chi connectivity index (χ1) is 47.4. The molecule has 4 unspecified atom stereocenters. The number of hydrogen-bond acceptors (Lipinski definition) is 15. The van der Waals surface area contributed by atoms with Crippen LogP contribution in [0.3, 0.4) is 0 Å². The lowest BCUT2D eigenvalue weighted by Gasteiger charge is -2.21. The molecule has 0 aliphatic carbocycles. The van der Waals surface area contributed by atoms with Gasteiger partial charge in [0.15, 0.2) is 12.2 Å². The van der Waals surface area contributed by atoms with Gasteiger partial charge in [-0.25, -0.2) is 9.13 Å². The van der Waals surface area contributed by atoms with E-state index in [1.54, 1.807) is 0 Å². The van der Waals surface area contributed by atoms with Gasteiger partial charge in [-0.3, -0.25) is 37.3 Å². The maximum atomic E-state index is 13.1. The van der Waals surface area contributed by atoms with E-state index in [4.69, 9.17) is 37.0 Å². The summed E-state index contributed by atoms with van der Waals surface area (Å²) in [5.41, 5.74) is 0. The smallest absolute Gasteiger partial charge is 0.462 e. The summed E-state index contributed by atoms with van der Waals surface area (Å²) in [7, 11) is -9.91. The summed E-state index contributed by atoms with van der Waals surface area (Å²) in [6, 6.07) is 0. The standard InChI is InChI=1S/C79H154O17P2/c1-7-11-13-15-17-19-21-32-39-45-51-57-63-78(83)95-74(67-89-76(81)61-55-49-43-37-20-18-16-14-12-8-2)69-93-97(85,86)91-65-73(80)66-92-98(87,88)94-70-75(96-79(84)64-58-52-46-40-34-29-25-23-27-31-36-42-48-54-60-72(6)10-4)68-90-77(82)62-56-50-44-38-33-28-24-22-26-30-35-41-47-53-59-71(5)9-3/h71-75,80H,7-70H2,1-6H3,(H,85,86)(H,87,88)/t71?,72?,73-,74+,75+/m0/s1. The lowest BCUT2D eigenvalue weighted by Crippen LogP contribution is -2.30. The molecule has 0 radical (unpaired) electrons. The molecule has 0 saturated carbocycles. The number of esters is 4. The highest BCUT2D eigenvalue weighted by Gasteiger charge is 2.30. The average molecular weight is 1440 g/mol. The molecule has 19 heteroatoms. The number of hydrogen-bond donors (Lipinski definition) is 3. The van der Waals surface area contributed by atoms with Crippen LogP contribution in [0, 0.1) is 11.8 Å². The van der Waals surface area contributed by atoms with Crippen molar-refractivity contribution < 1.29 is 80.2 Å². The van der Waals surface area contributed by atoms with Gasteiger partial charge in [0, 0.05) is 25.7 Å². The molecular weight excluding hydrogens is 1280 g/mol. The Morgan fingerprint density at radius 3 is 0.724 bits per heavy atom. The third kappa shape index (κ3) is 69.8. The van der Waals surface area contributed by atoms with Crippen molar-refractivity contribution in [2.75, 3.05) is 39.6 Å². The van der Waals surface area contributed by atoms with Crippen molar-refractivity contribution >= 4 is 39.5 Å². The number of phosphoric ester groups is 2. The van der Waals surface area contributed by atoms with Crippen molar-refractivity contribution in [3.63, 3.8) is 0 Å². The predicted molar refractivity (Wildman–Crippen MR) is 400 cm³/mol. The molecule has 0 aromatic carbocycles. The zero-order valence-electron chi connectivity index (χ0n) is 64.1. The van der Waals surface area contributed by atoms with Gasteiger partial charge in [0.05, 0.1) is 26.4 Å². The van der Waals surface area contributed by atoms with Gasteiger partial charge < -0.3 is 33.8 Å². The van der Waals surface area contributed by atoms with Crippen LogP contribution in [-0.4, -0.2) is 96.7 Å². The van der Waals surface area contributed by atoms with Crippen LogP contribution in [0.4, 0.5) is 0 Å². The number of aliphatic hydroxyl groups is 1. The van der Waals surface area contributed by atoms with E-state index in [1.165, 1.54) is 231 Å². The molecule has 582 valence electrons. The fraction of sp³-hybridized carbons (Fsp3) is 0.949. The van der Waals surface area contributed by atoms with E-state index in [0.717, 1.165) is 102 Å². The molecule has 0 heterocycles. The Morgan fingerprint density at radius 1 is 0.286 bits per heavy atom. The molecule has 3 N–H and O–H groups in total. The second-order valence-corrected chi connectivity index (χ2v) is 31.8. The summed E-state index contributed by atoms with van der Waals surface area (Å²) in [4.78, 5) is 72.9. The van der Waals surface area contributed by atoms with Crippen molar-refractivity contribution in [2.24, 2.45) is 11.8 Å². The summed E-state index contributed by atoms with van der Waals surface area (Å²) >= 11 is 0. The van der Waals surface area contributed by atoms with Gasteiger partial charge in [-0.15, -0.1) is 0 Å². The van der Waals surface area contributed by atoms with Gasteiger partial charge in [0.2, 0.25) is 0 Å². The Morgan fingerprint density at radius 2 is 0.490 bits per heavy atom. The molecule has 98 heavy (non-hydrogen) atoms. The van der Waals surface area contributed by atoms with Gasteiger partial charge in [-0.05, 0) is 37.5 Å². The van der Waals surface area contributed by atoms with Gasteiger partial charge in [-0.2, -0.15) is 0 Å². The summed E-state index contributed by atoms with van der Waals surface area (Å²) in [5, 5.41) is 10.6. The number of aliphatic hydroxyl groups excluding tert-OH is 1. The quantitative estimate of drug-likeness (QED) is 0.0222. The Labute approximate surface area is 600 Å². The molecule has 7 atom stereocenters. The highest BCUT2D eigenvalue weighted by molar-refractivity contribution is 7.47. The molecule has 0 rings (SSSR count). The molecular formula is C79H154O17P2. The van der Waals surface area contributed by atoms with Crippen LogP contribution >= 0.6 is 15.6 Å². The number of carbonyl (C=O) groups excluding carboxylic acids is 4. The van der Waals surface area contributed by atoms with E-state index in [9.17, 15) is 43.2 Å². The normalized spacial score (nSPS) is 14.5. The van der Waals surface area contributed by atoms with Crippen LogP contribution in [-0.2, 0) is 65.4 Å². The minimum Gasteiger partial charge on any atom is -0.462 e. The van der Waals surface area contributed by atoms with Crippen molar-refractivity contribution in [3.05, 3.63) is 0 Å². The zero-order valence-corrected chi connectivity index (χ0v) is 65.9. The molecule has 0 aliphatic rings. The largest absolute Gasteiger partial charge is 0.472 e. The molecule has 0 spiro atoms. The van der Waals surface area contributed by atoms with E-state index in [2.05, 4.69) is 41.5 Å². The minimum atomic E-state index is -4.96. The van der Waals surface area contributed by atoms with Gasteiger partial charge in [-0.1, -0.05) is 363 Å². The Bertz CT molecular complexity index is 1890. The monoisotopic (exact) mass is 1440 g/mol. The topological polar surface area (TPSA) is 237 Å². The number of unbranched alkanes of at least 4 members (excludes halogenated alkanes) is 46. The zero-order chi connectivity index (χ0) is 72.1. The number of rotatable bonds is 78. The van der Waals surface area contributed by atoms with Crippen LogP contribution < -0.4 is 0 Å². The lowest BCUT2D eigenvalue weighted by molar-refractivity contribution is -0.161. The highest BCUT2D eigenvalue weighted by atomic mass is 31.2. The van der Waals surface area contributed by atoms with E-state index in [-0.39, 0.29) is 25.7 Å². The number of phosphoric acid groups is 2. The number of ether oxygens (including phenoxy) is 4. The Balaban J connectivity index is 5.24. The molecule has 0 saturated heterocycles. The van der Waals surface area contributed by atoms with E-state index < -0.39 is 97.5 Å². The molecule has 17 nitrogen and oxygen atoms in total. The van der Waals surface area contributed by atoms with Crippen LogP contribution in [0.5, 0.6) is 0 Å². The van der Waals surface area contributed by atoms with Crippen molar-refractivity contribution in [3.8, 4) is 0 Å². The summed E-state index contributed by atoms with van der Waals surface area (Å²) in [5.74, 6) is -0.414. The van der Waals surface area contributed by atoms with Gasteiger partial charge in [0.1, 0.15) is 19.3 Å². The number of carbonyl (C=O) groups is 4. The van der Waals surface area contributed by atoms with Crippen molar-refractivity contribution in [1.82, 2.24) is 0 Å². The van der Waals surface area contributed by atoms with Gasteiger partial charge >= 0.3 is 39.5 Å². The first-order valence-electron chi connectivity index (χ1n) is 41.1. The Kier molecular flexibility index (Phi) is 69.3. The highest BCUT2D eigenvalue weighted by Crippen LogP contribution is 2.45. The minimum absolute atomic E-state index is 0.108. The first-order valence-corrected chi connectivity index (χ1v) is 44.1. The fourth-order valence-corrected chi connectivity index (χ4v) is 13.7. The molecule has 0 aromatic rings. The summed E-state index contributed by atoms with van der Waals surface area (Å²) in [6.07, 6.45) is 59.4. The summed E-state index contributed by atoms with van der Waals surface area (Å²) < 4.78 is 68.6. The fourth-order valence-electron chi connectivity index (χ4n) is 12.1. The molecule has 0 bridgehead atoms. The van der Waals surface area contributed by atoms with Crippen LogP contribution in [0.25, 0.3) is 0 Å². The third-order valence-corrected chi connectivity index (χ3v) is 21.1. The third-order valence-electron chi connectivity index (χ3n) is 19.2. The van der Waals surface area contributed by atoms with E-state index in [0.29, 0.717) is 25.7 Å². The molecule has 0 aromatic heterocycles. The SMILES string of the molecule is CCCCCCCCCCCCCCC(=O)O[C@H](COC(=O)CCCCCCCCCCCC)COP(=O)(O)OC[C@H](O)COP(=O)(O)OC[C@@H](COC(=O)CCCCCCCCCCCCCCCCC(C)CC)OC(=O)CCCCCCCCCCCCCCCCC(C)CC. The average Bonchev–Trinajstić information content (AvgIpc) is 2.09. The maximum Gasteiger partial charge on any atom is 0.472 e. The molecule has 0 fully saturated rings. The first kappa shape index (κ1) is 96.1. The lowest BCUT2D eigenvalue weighted by atomic mass is 9.99. The van der Waals surface area contributed by atoms with Crippen LogP contribution in [0.2, 0.25) is 0 Å². The second kappa shape index (κ2) is 70.7. The van der Waals surface area contributed by atoms with Crippen molar-refractivity contribution in [2.45, 2.75) is 432 Å². The van der Waals surface area contributed by atoms with E-state index in [1.807, 2.05) is 0 Å². The second-order valence-electron chi connectivity index (χ2n) is 28.9. The van der Waals surface area contributed by atoms with Gasteiger partial charge in [0.25, 0.3) is 0 Å². The summed E-state index contributed by atoms with van der Waals surface area (Å²) in [6.45, 7) is 9.72.